The Bertz CT molecular complexity index is 719. The van der Waals surface area contributed by atoms with Crippen molar-refractivity contribution in [2.45, 2.75) is 31.3 Å². The van der Waals surface area contributed by atoms with Crippen LogP contribution >= 0.6 is 23.2 Å². The predicted octanol–water partition coefficient (Wildman–Crippen LogP) is 4.12. The van der Waals surface area contributed by atoms with E-state index in [-0.39, 0.29) is 0 Å². The number of H-pyrrole nitrogens is 1. The lowest BCUT2D eigenvalue weighted by Crippen LogP contribution is -2.34. The summed E-state index contributed by atoms with van der Waals surface area (Å²) in [5.41, 5.74) is 3.02. The maximum absolute atomic E-state index is 6.23. The summed E-state index contributed by atoms with van der Waals surface area (Å²) < 4.78 is 0. The van der Waals surface area contributed by atoms with Gasteiger partial charge < -0.3 is 4.98 Å². The molecule has 2 aliphatic heterocycles. The third-order valence-electron chi connectivity index (χ3n) is 4.59. The summed E-state index contributed by atoms with van der Waals surface area (Å²) in [5.74, 6) is 0.939. The Morgan fingerprint density at radius 2 is 2.15 bits per heavy atom. The lowest BCUT2D eigenvalue weighted by molar-refractivity contribution is 0.264. The second-order valence-electron chi connectivity index (χ2n) is 5.70. The number of likely N-dealkylation sites (N-methyl/N-ethyl adjacent to an activating group) is 1. The summed E-state index contributed by atoms with van der Waals surface area (Å²) in [5, 5.41) is 1.08. The van der Waals surface area contributed by atoms with Crippen molar-refractivity contribution in [2.75, 3.05) is 7.05 Å². The number of fused-ring (bicyclic) bond motifs is 3. The minimum atomic E-state index is 0.531. The number of imidazole rings is 1. The van der Waals surface area contributed by atoms with Crippen LogP contribution in [0.3, 0.4) is 0 Å². The molecule has 0 aliphatic carbocycles. The molecule has 2 unspecified atom stereocenters. The molecule has 1 N–H and O–H groups in total. The molecule has 1 aromatic carbocycles. The van der Waals surface area contributed by atoms with Crippen molar-refractivity contribution in [3.05, 3.63) is 34.1 Å². The largest absolute Gasteiger partial charge is 0.338 e. The van der Waals surface area contributed by atoms with E-state index in [4.69, 9.17) is 23.2 Å². The zero-order valence-electron chi connectivity index (χ0n) is 11.2. The number of benzene rings is 1. The highest BCUT2D eigenvalue weighted by Gasteiger charge is 2.34. The van der Waals surface area contributed by atoms with Crippen LogP contribution in [0, 0.1) is 0 Å². The fourth-order valence-electron chi connectivity index (χ4n) is 3.39. The number of hydrogen-bond donors (Lipinski definition) is 1. The lowest BCUT2D eigenvalue weighted by Gasteiger charge is -2.29. The minimum Gasteiger partial charge on any atom is -0.338 e. The van der Waals surface area contributed by atoms with Crippen LogP contribution in [0.5, 0.6) is 0 Å². The van der Waals surface area contributed by atoms with Crippen LogP contribution in [0.4, 0.5) is 0 Å². The molecule has 1 aromatic heterocycles. The number of halogens is 2. The molecule has 2 atom stereocenters. The summed E-state index contributed by atoms with van der Waals surface area (Å²) in [6.45, 7) is 0. The molecular formula is C15H15Cl2N3. The van der Waals surface area contributed by atoms with E-state index in [1.165, 1.54) is 18.4 Å². The Balaban J connectivity index is 1.80. The molecular weight excluding hydrogens is 293 g/mol. The standard InChI is InChI=1S/C15H15Cl2N3/c1-20-9-2-3-10(20)7-8(6-9)15-18-12-5-4-11(16)13(17)14(12)19-15/h4-6,9-10H,2-3,7H2,1H3,(H,18,19). The van der Waals surface area contributed by atoms with Crippen LogP contribution in [-0.2, 0) is 0 Å². The number of rotatable bonds is 1. The molecule has 3 heterocycles. The summed E-state index contributed by atoms with van der Waals surface area (Å²) in [7, 11) is 2.21. The first kappa shape index (κ1) is 12.7. The zero-order chi connectivity index (χ0) is 13.9. The maximum Gasteiger partial charge on any atom is 0.134 e. The number of aromatic amines is 1. The van der Waals surface area contributed by atoms with Gasteiger partial charge in [0.2, 0.25) is 0 Å². The molecule has 5 heteroatoms. The Morgan fingerprint density at radius 1 is 1.30 bits per heavy atom. The van der Waals surface area contributed by atoms with Gasteiger partial charge in [-0.25, -0.2) is 4.98 Å². The van der Waals surface area contributed by atoms with Crippen molar-refractivity contribution in [3.63, 3.8) is 0 Å². The predicted molar refractivity (Wildman–Crippen MR) is 83.3 cm³/mol. The highest BCUT2D eigenvalue weighted by Crippen LogP contribution is 2.38. The van der Waals surface area contributed by atoms with Crippen molar-refractivity contribution in [3.8, 4) is 0 Å². The molecule has 2 aromatic rings. The molecule has 3 nitrogen and oxygen atoms in total. The van der Waals surface area contributed by atoms with Crippen LogP contribution in [-0.4, -0.2) is 34.0 Å². The lowest BCUT2D eigenvalue weighted by atomic mass is 10.0. The molecule has 4 rings (SSSR count). The van der Waals surface area contributed by atoms with Crippen molar-refractivity contribution in [1.29, 1.82) is 0 Å². The molecule has 0 spiro atoms. The highest BCUT2D eigenvalue weighted by molar-refractivity contribution is 6.44. The molecule has 2 aliphatic rings. The van der Waals surface area contributed by atoms with E-state index in [9.17, 15) is 0 Å². The molecule has 2 bridgehead atoms. The summed E-state index contributed by atoms with van der Waals surface area (Å²) in [4.78, 5) is 10.5. The number of hydrogen-bond acceptors (Lipinski definition) is 2. The van der Waals surface area contributed by atoms with Gasteiger partial charge in [0, 0.05) is 12.1 Å². The topological polar surface area (TPSA) is 31.9 Å². The fraction of sp³-hybridized carbons (Fsp3) is 0.400. The van der Waals surface area contributed by atoms with Gasteiger partial charge in [0.25, 0.3) is 0 Å². The molecule has 0 radical (unpaired) electrons. The monoisotopic (exact) mass is 307 g/mol. The second-order valence-corrected chi connectivity index (χ2v) is 6.49. The van der Waals surface area contributed by atoms with Crippen LogP contribution in [0.15, 0.2) is 18.2 Å². The van der Waals surface area contributed by atoms with E-state index in [2.05, 4.69) is 28.0 Å². The Labute approximate surface area is 127 Å². The SMILES string of the molecule is CN1C2C=C(c3nc4c(Cl)c(Cl)ccc4[nH]3)CC1CC2. The van der Waals surface area contributed by atoms with E-state index < -0.39 is 0 Å². The van der Waals surface area contributed by atoms with E-state index in [0.717, 1.165) is 23.3 Å². The molecule has 0 amide bonds. The Hall–Kier alpha value is -1.03. The normalized spacial score (nSPS) is 26.2. The zero-order valence-corrected chi connectivity index (χ0v) is 12.7. The maximum atomic E-state index is 6.23. The van der Waals surface area contributed by atoms with Crippen LogP contribution in [0.1, 0.15) is 25.1 Å². The quantitative estimate of drug-likeness (QED) is 0.859. The smallest absolute Gasteiger partial charge is 0.134 e. The van der Waals surface area contributed by atoms with Crippen molar-refractivity contribution >= 4 is 39.8 Å². The first-order chi connectivity index (χ1) is 9.63. The number of aromatic nitrogens is 2. The third kappa shape index (κ3) is 1.80. The highest BCUT2D eigenvalue weighted by atomic mass is 35.5. The van der Waals surface area contributed by atoms with E-state index in [1.807, 2.05) is 6.07 Å². The van der Waals surface area contributed by atoms with Crippen LogP contribution in [0.2, 0.25) is 10.0 Å². The number of nitrogens with zero attached hydrogens (tertiary/aromatic N) is 2. The van der Waals surface area contributed by atoms with Gasteiger partial charge in [-0.3, -0.25) is 4.90 Å². The molecule has 1 fully saturated rings. The Kier molecular flexibility index (Phi) is 2.85. The molecule has 1 saturated heterocycles. The van der Waals surface area contributed by atoms with E-state index in [0.29, 0.717) is 22.1 Å². The van der Waals surface area contributed by atoms with Crippen molar-refractivity contribution in [2.24, 2.45) is 0 Å². The van der Waals surface area contributed by atoms with Gasteiger partial charge in [0.1, 0.15) is 11.3 Å². The van der Waals surface area contributed by atoms with E-state index in [1.54, 1.807) is 6.07 Å². The molecule has 20 heavy (non-hydrogen) atoms. The van der Waals surface area contributed by atoms with Gasteiger partial charge in [0.05, 0.1) is 15.6 Å². The average Bonchev–Trinajstić information content (AvgIpc) is 2.93. The number of nitrogens with one attached hydrogen (secondary N) is 1. The van der Waals surface area contributed by atoms with Crippen LogP contribution < -0.4 is 0 Å². The van der Waals surface area contributed by atoms with Crippen molar-refractivity contribution < 1.29 is 0 Å². The summed E-state index contributed by atoms with van der Waals surface area (Å²) in [6, 6.07) is 4.94. The first-order valence-corrected chi connectivity index (χ1v) is 7.66. The molecule has 0 saturated carbocycles. The summed E-state index contributed by atoms with van der Waals surface area (Å²) >= 11 is 12.3. The first-order valence-electron chi connectivity index (χ1n) is 6.90. The van der Waals surface area contributed by atoms with Crippen molar-refractivity contribution in [1.82, 2.24) is 14.9 Å². The van der Waals surface area contributed by atoms with Gasteiger partial charge >= 0.3 is 0 Å². The van der Waals surface area contributed by atoms with Gasteiger partial charge in [-0.2, -0.15) is 0 Å². The fourth-order valence-corrected chi connectivity index (χ4v) is 3.75. The Morgan fingerprint density at radius 3 is 2.95 bits per heavy atom. The average molecular weight is 308 g/mol. The third-order valence-corrected chi connectivity index (χ3v) is 5.39. The second kappa shape index (κ2) is 4.48. The van der Waals surface area contributed by atoms with Gasteiger partial charge in [-0.15, -0.1) is 0 Å². The summed E-state index contributed by atoms with van der Waals surface area (Å²) in [6.07, 6.45) is 5.92. The van der Waals surface area contributed by atoms with E-state index >= 15 is 0 Å². The minimum absolute atomic E-state index is 0.531. The van der Waals surface area contributed by atoms with Gasteiger partial charge in [-0.1, -0.05) is 29.3 Å². The van der Waals surface area contributed by atoms with Gasteiger partial charge in [0.15, 0.2) is 0 Å². The molecule has 104 valence electrons. The van der Waals surface area contributed by atoms with Crippen LogP contribution in [0.25, 0.3) is 16.6 Å². The van der Waals surface area contributed by atoms with Gasteiger partial charge in [-0.05, 0) is 44.0 Å².